The van der Waals surface area contributed by atoms with Gasteiger partial charge in [-0.1, -0.05) is 6.42 Å². The Balaban J connectivity index is 1.37. The Bertz CT molecular complexity index is 1150. The molecule has 1 aromatic heterocycles. The number of rotatable bonds is 7. The second-order valence-corrected chi connectivity index (χ2v) is 8.67. The van der Waals surface area contributed by atoms with E-state index >= 15 is 0 Å². The zero-order valence-electron chi connectivity index (χ0n) is 19.1. The van der Waals surface area contributed by atoms with E-state index in [0.29, 0.717) is 6.61 Å². The fourth-order valence-electron chi connectivity index (χ4n) is 4.35. The number of aromatic nitrogens is 2. The van der Waals surface area contributed by atoms with E-state index < -0.39 is 0 Å². The van der Waals surface area contributed by atoms with Gasteiger partial charge in [0.05, 0.1) is 17.1 Å². The van der Waals surface area contributed by atoms with Crippen LogP contribution in [0.3, 0.4) is 0 Å². The van der Waals surface area contributed by atoms with Gasteiger partial charge in [0.1, 0.15) is 23.9 Å². The highest BCUT2D eigenvalue weighted by molar-refractivity contribution is 5.71. The molecule has 1 aliphatic heterocycles. The second kappa shape index (κ2) is 10.0. The van der Waals surface area contributed by atoms with Crippen molar-refractivity contribution >= 4 is 0 Å². The highest BCUT2D eigenvalue weighted by atomic mass is 16.5. The Morgan fingerprint density at radius 2 is 1.35 bits per heavy atom. The summed E-state index contributed by atoms with van der Waals surface area (Å²) >= 11 is 0. The molecule has 0 spiro atoms. The Labute approximate surface area is 199 Å². The molecule has 174 valence electrons. The molecule has 0 aliphatic carbocycles. The first-order chi connectivity index (χ1) is 16.7. The third kappa shape index (κ3) is 5.07. The molecule has 0 unspecified atom stereocenters. The van der Waals surface area contributed by atoms with Crippen LogP contribution in [0.2, 0.25) is 0 Å². The van der Waals surface area contributed by atoms with Crippen molar-refractivity contribution in [1.82, 2.24) is 14.7 Å². The van der Waals surface area contributed by atoms with Crippen LogP contribution in [-0.2, 0) is 0 Å². The minimum absolute atomic E-state index is 0.207. The SMILES string of the molecule is Oc1ccc(-c2cc(-c3ccc(OCCN4CCCCC4)cc3)nn2-c2ccc(O)cc2)cc1. The summed E-state index contributed by atoms with van der Waals surface area (Å²) in [5, 5.41) is 24.3. The molecule has 6 nitrogen and oxygen atoms in total. The van der Waals surface area contributed by atoms with E-state index in [1.807, 2.05) is 59.3 Å². The molecule has 3 aromatic carbocycles. The van der Waals surface area contributed by atoms with Gasteiger partial charge in [0.25, 0.3) is 0 Å². The van der Waals surface area contributed by atoms with Crippen LogP contribution in [0.15, 0.2) is 78.9 Å². The van der Waals surface area contributed by atoms with Crippen molar-refractivity contribution < 1.29 is 14.9 Å². The number of hydrogen-bond donors (Lipinski definition) is 2. The number of phenols is 2. The van der Waals surface area contributed by atoms with E-state index in [4.69, 9.17) is 9.84 Å². The van der Waals surface area contributed by atoms with Crippen molar-refractivity contribution in [3.05, 3.63) is 78.9 Å². The molecule has 2 N–H and O–H groups in total. The van der Waals surface area contributed by atoms with Gasteiger partial charge >= 0.3 is 0 Å². The first-order valence-electron chi connectivity index (χ1n) is 11.8. The topological polar surface area (TPSA) is 70.8 Å². The maximum Gasteiger partial charge on any atom is 0.119 e. The summed E-state index contributed by atoms with van der Waals surface area (Å²) in [6, 6.07) is 24.1. The molecule has 1 fully saturated rings. The van der Waals surface area contributed by atoms with Gasteiger partial charge in [0, 0.05) is 17.7 Å². The number of phenolic OH excluding ortho intramolecular Hbond substituents is 2. The predicted molar refractivity (Wildman–Crippen MR) is 134 cm³/mol. The summed E-state index contributed by atoms with van der Waals surface area (Å²) in [7, 11) is 0. The van der Waals surface area contributed by atoms with Crippen LogP contribution in [0.4, 0.5) is 0 Å². The highest BCUT2D eigenvalue weighted by Crippen LogP contribution is 2.31. The van der Waals surface area contributed by atoms with E-state index in [-0.39, 0.29) is 11.5 Å². The molecule has 6 heteroatoms. The molecule has 2 heterocycles. The third-order valence-electron chi connectivity index (χ3n) is 6.24. The third-order valence-corrected chi connectivity index (χ3v) is 6.24. The fraction of sp³-hybridized carbons (Fsp3) is 0.250. The fourth-order valence-corrected chi connectivity index (χ4v) is 4.35. The molecule has 5 rings (SSSR count). The van der Waals surface area contributed by atoms with Crippen molar-refractivity contribution in [3.63, 3.8) is 0 Å². The first-order valence-corrected chi connectivity index (χ1v) is 11.8. The van der Waals surface area contributed by atoms with Gasteiger partial charge in [-0.2, -0.15) is 5.10 Å². The lowest BCUT2D eigenvalue weighted by Crippen LogP contribution is -2.33. The number of nitrogens with zero attached hydrogens (tertiary/aromatic N) is 3. The summed E-state index contributed by atoms with van der Waals surface area (Å²) in [5.41, 5.74) is 4.48. The molecule has 1 aliphatic rings. The molecule has 0 amide bonds. The van der Waals surface area contributed by atoms with Crippen molar-refractivity contribution in [1.29, 1.82) is 0 Å². The molecule has 0 atom stereocenters. The van der Waals surface area contributed by atoms with Crippen LogP contribution in [0.25, 0.3) is 28.2 Å². The summed E-state index contributed by atoms with van der Waals surface area (Å²) in [5.74, 6) is 1.28. The quantitative estimate of drug-likeness (QED) is 0.386. The number of ether oxygens (including phenoxy) is 1. The molecular weight excluding hydrogens is 426 g/mol. The lowest BCUT2D eigenvalue weighted by Gasteiger charge is -2.26. The number of aromatic hydroxyl groups is 2. The van der Waals surface area contributed by atoms with Crippen LogP contribution in [0, 0.1) is 0 Å². The molecular formula is C28H29N3O3. The minimum atomic E-state index is 0.207. The van der Waals surface area contributed by atoms with Gasteiger partial charge in [0.15, 0.2) is 0 Å². The van der Waals surface area contributed by atoms with E-state index in [2.05, 4.69) is 4.90 Å². The van der Waals surface area contributed by atoms with Gasteiger partial charge in [-0.05, 0) is 105 Å². The van der Waals surface area contributed by atoms with Gasteiger partial charge in [-0.25, -0.2) is 4.68 Å². The van der Waals surface area contributed by atoms with Crippen molar-refractivity contribution in [3.8, 4) is 45.5 Å². The second-order valence-electron chi connectivity index (χ2n) is 8.67. The van der Waals surface area contributed by atoms with Gasteiger partial charge < -0.3 is 14.9 Å². The highest BCUT2D eigenvalue weighted by Gasteiger charge is 2.14. The Hall–Kier alpha value is -3.77. The Morgan fingerprint density at radius 3 is 2.03 bits per heavy atom. The van der Waals surface area contributed by atoms with Crippen LogP contribution in [0.1, 0.15) is 19.3 Å². The first kappa shape index (κ1) is 22.0. The summed E-state index contributed by atoms with van der Waals surface area (Å²) in [4.78, 5) is 2.47. The largest absolute Gasteiger partial charge is 0.508 e. The maximum absolute atomic E-state index is 9.70. The number of hydrogen-bond acceptors (Lipinski definition) is 5. The standard InChI is InChI=1S/C28H29N3O3/c32-24-10-4-22(5-11-24)28-20-27(29-31(28)23-8-12-25(33)13-9-23)21-6-14-26(15-7-21)34-19-18-30-16-2-1-3-17-30/h4-15,20,32-33H,1-3,16-19H2. The normalized spacial score (nSPS) is 14.2. The van der Waals surface area contributed by atoms with E-state index in [1.165, 1.54) is 32.4 Å². The molecule has 0 bridgehead atoms. The summed E-state index contributed by atoms with van der Waals surface area (Å²) in [6.07, 6.45) is 3.92. The van der Waals surface area contributed by atoms with E-state index in [9.17, 15) is 10.2 Å². The average Bonchev–Trinajstić information content (AvgIpc) is 3.31. The van der Waals surface area contributed by atoms with Crippen LogP contribution in [-0.4, -0.2) is 51.1 Å². The summed E-state index contributed by atoms with van der Waals surface area (Å²) in [6.45, 7) is 4.01. The molecule has 34 heavy (non-hydrogen) atoms. The van der Waals surface area contributed by atoms with Crippen LogP contribution >= 0.6 is 0 Å². The van der Waals surface area contributed by atoms with Crippen molar-refractivity contribution in [2.24, 2.45) is 0 Å². The Kier molecular flexibility index (Phi) is 6.49. The molecule has 4 aromatic rings. The van der Waals surface area contributed by atoms with Crippen molar-refractivity contribution in [2.75, 3.05) is 26.2 Å². The molecule has 0 radical (unpaired) electrons. The zero-order valence-corrected chi connectivity index (χ0v) is 19.1. The van der Waals surface area contributed by atoms with Gasteiger partial charge in [-0.15, -0.1) is 0 Å². The van der Waals surface area contributed by atoms with E-state index in [1.54, 1.807) is 24.3 Å². The van der Waals surface area contributed by atoms with E-state index in [0.717, 1.165) is 40.5 Å². The zero-order chi connectivity index (χ0) is 23.3. The lowest BCUT2D eigenvalue weighted by molar-refractivity contribution is 0.183. The van der Waals surface area contributed by atoms with Crippen LogP contribution < -0.4 is 4.74 Å². The summed E-state index contributed by atoms with van der Waals surface area (Å²) < 4.78 is 7.83. The molecule has 0 saturated carbocycles. The van der Waals surface area contributed by atoms with Crippen LogP contribution in [0.5, 0.6) is 17.2 Å². The monoisotopic (exact) mass is 455 g/mol. The number of likely N-dealkylation sites (tertiary alicyclic amines) is 1. The predicted octanol–water partition coefficient (Wildman–Crippen LogP) is 5.48. The minimum Gasteiger partial charge on any atom is -0.508 e. The maximum atomic E-state index is 9.70. The van der Waals surface area contributed by atoms with Gasteiger partial charge in [0.2, 0.25) is 0 Å². The number of piperidine rings is 1. The average molecular weight is 456 g/mol. The van der Waals surface area contributed by atoms with Gasteiger partial charge in [-0.3, -0.25) is 4.90 Å². The molecule has 1 saturated heterocycles. The lowest BCUT2D eigenvalue weighted by atomic mass is 10.1. The van der Waals surface area contributed by atoms with Crippen molar-refractivity contribution in [2.45, 2.75) is 19.3 Å². The smallest absolute Gasteiger partial charge is 0.119 e. The number of benzene rings is 3. The Morgan fingerprint density at radius 1 is 0.735 bits per heavy atom.